The maximum atomic E-state index is 10.2. The lowest BCUT2D eigenvalue weighted by molar-refractivity contribution is -0.0492. The van der Waals surface area contributed by atoms with Crippen LogP contribution in [-0.4, -0.2) is 11.2 Å². The lowest BCUT2D eigenvalue weighted by Gasteiger charge is -2.58. The van der Waals surface area contributed by atoms with Crippen LogP contribution in [0.4, 0.5) is 0 Å². The standard InChI is InChI=1S/C27H44O/c1-25(2,3)15-7-6-8-19-10-12-23-22-11-9-20-18-21(28)13-16-27(20,5)24(22)14-17-26(19,23)4/h6-7,9,19,21-24,28H,8,10-18H2,1-5H3/b7-6+. The molecule has 3 saturated carbocycles. The highest BCUT2D eigenvalue weighted by atomic mass is 16.3. The molecule has 4 aliphatic carbocycles. The quantitative estimate of drug-likeness (QED) is 0.506. The van der Waals surface area contributed by atoms with Crippen molar-refractivity contribution in [3.63, 3.8) is 0 Å². The minimum absolute atomic E-state index is 0.0829. The molecule has 0 bridgehead atoms. The zero-order valence-electron chi connectivity index (χ0n) is 19.1. The highest BCUT2D eigenvalue weighted by Crippen LogP contribution is 2.66. The van der Waals surface area contributed by atoms with Crippen molar-refractivity contribution >= 4 is 0 Å². The number of aliphatic hydroxyl groups excluding tert-OH is 1. The average molecular weight is 385 g/mol. The van der Waals surface area contributed by atoms with E-state index in [-0.39, 0.29) is 6.10 Å². The van der Waals surface area contributed by atoms with Crippen LogP contribution in [0.1, 0.15) is 98.8 Å². The van der Waals surface area contributed by atoms with Gasteiger partial charge < -0.3 is 5.11 Å². The molecule has 0 aromatic carbocycles. The Kier molecular flexibility index (Phi) is 5.39. The van der Waals surface area contributed by atoms with Gasteiger partial charge in [-0.15, -0.1) is 0 Å². The molecule has 7 atom stereocenters. The Morgan fingerprint density at radius 3 is 2.57 bits per heavy atom. The Bertz CT molecular complexity index is 637. The van der Waals surface area contributed by atoms with Gasteiger partial charge in [0.1, 0.15) is 0 Å². The molecule has 1 N–H and O–H groups in total. The number of aliphatic hydroxyl groups is 1. The van der Waals surface area contributed by atoms with Crippen molar-refractivity contribution in [2.45, 2.75) is 105 Å². The van der Waals surface area contributed by atoms with E-state index in [0.29, 0.717) is 16.2 Å². The van der Waals surface area contributed by atoms with Gasteiger partial charge in [0.05, 0.1) is 6.10 Å². The third-order valence-corrected chi connectivity index (χ3v) is 9.59. The molecule has 0 saturated heterocycles. The zero-order valence-corrected chi connectivity index (χ0v) is 19.1. The maximum Gasteiger partial charge on any atom is 0.0577 e. The summed E-state index contributed by atoms with van der Waals surface area (Å²) in [7, 11) is 0. The Morgan fingerprint density at radius 1 is 1.04 bits per heavy atom. The van der Waals surface area contributed by atoms with Crippen LogP contribution in [0.15, 0.2) is 23.8 Å². The number of allylic oxidation sites excluding steroid dienone is 3. The molecule has 0 aliphatic heterocycles. The summed E-state index contributed by atoms with van der Waals surface area (Å²) < 4.78 is 0. The maximum absolute atomic E-state index is 10.2. The Labute approximate surface area is 174 Å². The molecule has 0 aromatic rings. The highest BCUT2D eigenvalue weighted by molar-refractivity contribution is 5.25. The molecule has 158 valence electrons. The van der Waals surface area contributed by atoms with Gasteiger partial charge in [-0.05, 0) is 104 Å². The molecule has 1 heteroatoms. The van der Waals surface area contributed by atoms with Crippen LogP contribution < -0.4 is 0 Å². The minimum Gasteiger partial charge on any atom is -0.393 e. The summed E-state index contributed by atoms with van der Waals surface area (Å²) in [4.78, 5) is 0. The third kappa shape index (κ3) is 3.55. The smallest absolute Gasteiger partial charge is 0.0577 e. The van der Waals surface area contributed by atoms with E-state index >= 15 is 0 Å². The van der Waals surface area contributed by atoms with Crippen molar-refractivity contribution in [1.82, 2.24) is 0 Å². The first-order chi connectivity index (χ1) is 13.1. The van der Waals surface area contributed by atoms with Gasteiger partial charge in [-0.1, -0.05) is 58.4 Å². The highest BCUT2D eigenvalue weighted by Gasteiger charge is 2.58. The third-order valence-electron chi connectivity index (χ3n) is 9.59. The van der Waals surface area contributed by atoms with Gasteiger partial charge >= 0.3 is 0 Å². The second kappa shape index (κ2) is 7.29. The van der Waals surface area contributed by atoms with Crippen molar-refractivity contribution < 1.29 is 5.11 Å². The first kappa shape index (κ1) is 20.7. The van der Waals surface area contributed by atoms with Crippen molar-refractivity contribution in [3.05, 3.63) is 23.8 Å². The molecule has 0 spiro atoms. The van der Waals surface area contributed by atoms with E-state index < -0.39 is 0 Å². The van der Waals surface area contributed by atoms with Gasteiger partial charge in [0.25, 0.3) is 0 Å². The van der Waals surface area contributed by atoms with Crippen LogP contribution in [0.25, 0.3) is 0 Å². The van der Waals surface area contributed by atoms with E-state index in [4.69, 9.17) is 0 Å². The van der Waals surface area contributed by atoms with E-state index in [0.717, 1.165) is 36.5 Å². The van der Waals surface area contributed by atoms with E-state index in [2.05, 4.69) is 52.8 Å². The summed E-state index contributed by atoms with van der Waals surface area (Å²) in [6.45, 7) is 12.2. The van der Waals surface area contributed by atoms with Crippen LogP contribution in [0.5, 0.6) is 0 Å². The van der Waals surface area contributed by atoms with Gasteiger partial charge in [-0.3, -0.25) is 0 Å². The summed E-state index contributed by atoms with van der Waals surface area (Å²) in [5.41, 5.74) is 2.96. The van der Waals surface area contributed by atoms with Crippen LogP contribution >= 0.6 is 0 Å². The summed E-state index contributed by atoms with van der Waals surface area (Å²) in [6, 6.07) is 0. The molecule has 0 heterocycles. The lowest BCUT2D eigenvalue weighted by Crippen LogP contribution is -2.50. The van der Waals surface area contributed by atoms with Gasteiger partial charge in [-0.2, -0.15) is 0 Å². The number of hydrogen-bond donors (Lipinski definition) is 1. The van der Waals surface area contributed by atoms with Crippen LogP contribution in [0.3, 0.4) is 0 Å². The van der Waals surface area contributed by atoms with E-state index in [9.17, 15) is 5.11 Å². The molecule has 1 nitrogen and oxygen atoms in total. The molecule has 28 heavy (non-hydrogen) atoms. The predicted octanol–water partition coefficient (Wildman–Crippen LogP) is 7.31. The Balaban J connectivity index is 1.48. The molecule has 0 aromatic heterocycles. The first-order valence-electron chi connectivity index (χ1n) is 12.2. The van der Waals surface area contributed by atoms with Gasteiger partial charge in [-0.25, -0.2) is 0 Å². The zero-order chi connectivity index (χ0) is 20.2. The monoisotopic (exact) mass is 384 g/mol. The van der Waals surface area contributed by atoms with Gasteiger partial charge in [0.2, 0.25) is 0 Å². The molecule has 3 fully saturated rings. The van der Waals surface area contributed by atoms with Crippen LogP contribution in [-0.2, 0) is 0 Å². The fraction of sp³-hybridized carbons (Fsp3) is 0.852. The number of hydrogen-bond acceptors (Lipinski definition) is 1. The molecule has 7 unspecified atom stereocenters. The van der Waals surface area contributed by atoms with Crippen LogP contribution in [0, 0.1) is 39.9 Å². The summed E-state index contributed by atoms with van der Waals surface area (Å²) in [5, 5.41) is 10.2. The Morgan fingerprint density at radius 2 is 1.82 bits per heavy atom. The predicted molar refractivity (Wildman–Crippen MR) is 119 cm³/mol. The first-order valence-corrected chi connectivity index (χ1v) is 12.2. The minimum atomic E-state index is -0.0829. The fourth-order valence-electron chi connectivity index (χ4n) is 7.84. The fourth-order valence-corrected chi connectivity index (χ4v) is 7.84. The molecule has 0 amide bonds. The number of fused-ring (bicyclic) bond motifs is 5. The average Bonchev–Trinajstić information content (AvgIpc) is 2.95. The molecule has 0 radical (unpaired) electrons. The van der Waals surface area contributed by atoms with E-state index in [1.165, 1.54) is 51.4 Å². The second-order valence-corrected chi connectivity index (χ2v) is 12.4. The Hall–Kier alpha value is -0.560. The van der Waals surface area contributed by atoms with Gasteiger partial charge in [0.15, 0.2) is 0 Å². The summed E-state index contributed by atoms with van der Waals surface area (Å²) >= 11 is 0. The topological polar surface area (TPSA) is 20.2 Å². The van der Waals surface area contributed by atoms with Crippen LogP contribution in [0.2, 0.25) is 0 Å². The van der Waals surface area contributed by atoms with E-state index in [1.54, 1.807) is 5.57 Å². The van der Waals surface area contributed by atoms with Crippen molar-refractivity contribution in [2.75, 3.05) is 0 Å². The van der Waals surface area contributed by atoms with Crippen molar-refractivity contribution in [2.24, 2.45) is 39.9 Å². The SMILES string of the molecule is CC(C)(C)C/C=C/CC1CCC2C3CC=C4CC(O)CCC4(C)C3CCC12C. The molecule has 4 rings (SSSR count). The normalized spacial score (nSPS) is 46.1. The molecular weight excluding hydrogens is 340 g/mol. The second-order valence-electron chi connectivity index (χ2n) is 12.4. The summed E-state index contributed by atoms with van der Waals surface area (Å²) in [5.74, 6) is 3.58. The number of rotatable bonds is 3. The van der Waals surface area contributed by atoms with E-state index in [1.807, 2.05) is 0 Å². The largest absolute Gasteiger partial charge is 0.393 e. The molecular formula is C27H44O. The van der Waals surface area contributed by atoms with Crippen molar-refractivity contribution in [3.8, 4) is 0 Å². The summed E-state index contributed by atoms with van der Waals surface area (Å²) in [6.07, 6.45) is 20.2. The molecule has 4 aliphatic rings. The van der Waals surface area contributed by atoms with Crippen molar-refractivity contribution in [1.29, 1.82) is 0 Å². The van der Waals surface area contributed by atoms with Gasteiger partial charge in [0, 0.05) is 0 Å². The lowest BCUT2D eigenvalue weighted by atomic mass is 9.47.